The Morgan fingerprint density at radius 1 is 1.45 bits per heavy atom. The summed E-state index contributed by atoms with van der Waals surface area (Å²) in [5, 5.41) is 9.86. The van der Waals surface area contributed by atoms with Crippen molar-refractivity contribution in [2.24, 2.45) is 5.41 Å². The smallest absolute Gasteiger partial charge is 0.311 e. The molecule has 1 aliphatic rings. The zero-order valence-electron chi connectivity index (χ0n) is 12.8. The molecule has 0 spiro atoms. The fraction of sp³-hybridized carbons (Fsp3) is 0.500. The van der Waals surface area contributed by atoms with Crippen LogP contribution in [-0.2, 0) is 4.79 Å². The molecule has 0 saturated carbocycles. The number of ether oxygens (including phenoxy) is 1. The number of rotatable bonds is 4. The Balaban J connectivity index is 2.26. The van der Waals surface area contributed by atoms with Gasteiger partial charge in [-0.2, -0.15) is 0 Å². The highest BCUT2D eigenvalue weighted by Gasteiger charge is 2.39. The van der Waals surface area contributed by atoms with Gasteiger partial charge in [0.05, 0.1) is 17.6 Å². The number of hydrogen-bond donors (Lipinski definition) is 1. The summed E-state index contributed by atoms with van der Waals surface area (Å²) in [6.45, 7) is 4.69. The van der Waals surface area contributed by atoms with Gasteiger partial charge >= 0.3 is 5.97 Å². The van der Waals surface area contributed by atoms with Crippen LogP contribution in [0.5, 0.6) is 5.75 Å². The van der Waals surface area contributed by atoms with E-state index < -0.39 is 11.4 Å². The lowest BCUT2D eigenvalue weighted by molar-refractivity contribution is -0.150. The van der Waals surface area contributed by atoms with Crippen molar-refractivity contribution in [2.45, 2.75) is 26.7 Å². The summed E-state index contributed by atoms with van der Waals surface area (Å²) in [4.78, 5) is 25.7. The molecule has 0 bridgehead atoms. The Bertz CT molecular complexity index is 590. The van der Waals surface area contributed by atoms with Crippen LogP contribution in [0.3, 0.4) is 0 Å². The van der Waals surface area contributed by atoms with E-state index in [1.54, 1.807) is 30.0 Å². The van der Waals surface area contributed by atoms with E-state index in [0.717, 1.165) is 0 Å². The number of carboxylic acids is 1. The highest BCUT2D eigenvalue weighted by molar-refractivity contribution is 6.30. The van der Waals surface area contributed by atoms with Crippen LogP contribution in [0.4, 0.5) is 0 Å². The van der Waals surface area contributed by atoms with Crippen molar-refractivity contribution in [1.29, 1.82) is 0 Å². The zero-order chi connectivity index (χ0) is 16.3. The third-order valence-electron chi connectivity index (χ3n) is 3.97. The lowest BCUT2D eigenvalue weighted by atomic mass is 9.82. The van der Waals surface area contributed by atoms with E-state index in [0.29, 0.717) is 42.3 Å². The second kappa shape index (κ2) is 6.57. The number of carbonyl (C=O) groups is 2. The molecule has 1 aromatic rings. The predicted octanol–water partition coefficient (Wildman–Crippen LogP) is 3.07. The summed E-state index contributed by atoms with van der Waals surface area (Å²) < 4.78 is 5.48. The number of carboxylic acid groups (broad SMARTS) is 1. The van der Waals surface area contributed by atoms with E-state index in [-0.39, 0.29) is 12.5 Å². The largest absolute Gasteiger partial charge is 0.493 e. The summed E-state index contributed by atoms with van der Waals surface area (Å²) in [6.07, 6.45) is 1.25. The number of carbonyl (C=O) groups excluding carboxylic acids is 1. The standard InChI is InChI=1S/C16H20ClNO4/c1-3-22-13-9-11(17)5-6-12(13)14(19)18-8-4-7-16(2,10-18)15(20)21/h5-6,9H,3-4,7-8,10H2,1-2H3,(H,20,21). The monoisotopic (exact) mass is 325 g/mol. The Morgan fingerprint density at radius 3 is 2.82 bits per heavy atom. The van der Waals surface area contributed by atoms with Crippen molar-refractivity contribution in [2.75, 3.05) is 19.7 Å². The molecule has 0 aliphatic carbocycles. The molecular weight excluding hydrogens is 306 g/mol. The van der Waals surface area contributed by atoms with Crippen molar-refractivity contribution < 1.29 is 19.4 Å². The highest BCUT2D eigenvalue weighted by Crippen LogP contribution is 2.32. The number of hydrogen-bond acceptors (Lipinski definition) is 3. The maximum Gasteiger partial charge on any atom is 0.311 e. The van der Waals surface area contributed by atoms with E-state index in [9.17, 15) is 14.7 Å². The van der Waals surface area contributed by atoms with E-state index >= 15 is 0 Å². The quantitative estimate of drug-likeness (QED) is 0.923. The highest BCUT2D eigenvalue weighted by atomic mass is 35.5. The molecule has 0 radical (unpaired) electrons. The van der Waals surface area contributed by atoms with Gasteiger partial charge in [0.15, 0.2) is 0 Å². The van der Waals surface area contributed by atoms with Crippen molar-refractivity contribution >= 4 is 23.5 Å². The molecule has 1 fully saturated rings. The number of halogens is 1. The molecule has 1 N–H and O–H groups in total. The number of piperidine rings is 1. The van der Waals surface area contributed by atoms with Crippen LogP contribution in [0.15, 0.2) is 18.2 Å². The molecule has 2 rings (SSSR count). The van der Waals surface area contributed by atoms with Crippen LogP contribution in [-0.4, -0.2) is 41.6 Å². The minimum atomic E-state index is -0.897. The average molecular weight is 326 g/mol. The van der Waals surface area contributed by atoms with Crippen molar-refractivity contribution in [1.82, 2.24) is 4.90 Å². The second-order valence-electron chi connectivity index (χ2n) is 5.77. The van der Waals surface area contributed by atoms with Gasteiger partial charge in [-0.1, -0.05) is 11.6 Å². The van der Waals surface area contributed by atoms with Gasteiger partial charge < -0.3 is 14.7 Å². The molecule has 1 aliphatic heterocycles. The first-order valence-electron chi connectivity index (χ1n) is 7.32. The first-order chi connectivity index (χ1) is 10.4. The molecule has 1 heterocycles. The van der Waals surface area contributed by atoms with Gasteiger partial charge in [0.25, 0.3) is 5.91 Å². The molecule has 1 amide bonds. The van der Waals surface area contributed by atoms with Crippen LogP contribution in [0, 0.1) is 5.41 Å². The van der Waals surface area contributed by atoms with E-state index in [1.165, 1.54) is 0 Å². The van der Waals surface area contributed by atoms with Crippen molar-refractivity contribution in [3.8, 4) is 5.75 Å². The third-order valence-corrected chi connectivity index (χ3v) is 4.21. The van der Waals surface area contributed by atoms with E-state index in [4.69, 9.17) is 16.3 Å². The molecule has 22 heavy (non-hydrogen) atoms. The lowest BCUT2D eigenvalue weighted by Crippen LogP contribution is -2.48. The van der Waals surface area contributed by atoms with Gasteiger partial charge in [-0.05, 0) is 44.9 Å². The molecule has 6 heteroatoms. The minimum absolute atomic E-state index is 0.204. The first-order valence-corrected chi connectivity index (χ1v) is 7.70. The molecule has 0 aromatic heterocycles. The summed E-state index contributed by atoms with van der Waals surface area (Å²) in [5.74, 6) is -0.652. The minimum Gasteiger partial charge on any atom is -0.493 e. The lowest BCUT2D eigenvalue weighted by Gasteiger charge is -2.37. The Kier molecular flexibility index (Phi) is 4.96. The zero-order valence-corrected chi connectivity index (χ0v) is 13.5. The molecular formula is C16H20ClNO4. The molecule has 1 saturated heterocycles. The molecule has 1 aromatic carbocycles. The predicted molar refractivity (Wildman–Crippen MR) is 83.5 cm³/mol. The fourth-order valence-electron chi connectivity index (χ4n) is 2.71. The molecule has 1 unspecified atom stereocenters. The summed E-state index contributed by atoms with van der Waals surface area (Å²) in [6, 6.07) is 4.87. The van der Waals surface area contributed by atoms with Crippen LogP contribution in [0.1, 0.15) is 37.0 Å². The SMILES string of the molecule is CCOc1cc(Cl)ccc1C(=O)N1CCCC(C)(C(=O)O)C1. The molecule has 5 nitrogen and oxygen atoms in total. The Hall–Kier alpha value is -1.75. The van der Waals surface area contributed by atoms with Crippen LogP contribution in [0.25, 0.3) is 0 Å². The fourth-order valence-corrected chi connectivity index (χ4v) is 2.87. The number of amides is 1. The van der Waals surface area contributed by atoms with E-state index in [2.05, 4.69) is 0 Å². The molecule has 120 valence electrons. The average Bonchev–Trinajstić information content (AvgIpc) is 2.47. The summed E-state index contributed by atoms with van der Waals surface area (Å²) in [7, 11) is 0. The number of benzene rings is 1. The third kappa shape index (κ3) is 3.35. The normalized spacial score (nSPS) is 21.5. The van der Waals surface area contributed by atoms with Gasteiger partial charge in [-0.15, -0.1) is 0 Å². The summed E-state index contributed by atoms with van der Waals surface area (Å²) in [5.41, 5.74) is -0.479. The van der Waals surface area contributed by atoms with Crippen LogP contribution < -0.4 is 4.74 Å². The molecule has 1 atom stereocenters. The van der Waals surface area contributed by atoms with Gasteiger partial charge in [-0.3, -0.25) is 9.59 Å². The maximum atomic E-state index is 12.7. The topological polar surface area (TPSA) is 66.8 Å². The van der Waals surface area contributed by atoms with Gasteiger partial charge in [0.1, 0.15) is 5.75 Å². The van der Waals surface area contributed by atoms with Crippen molar-refractivity contribution in [3.63, 3.8) is 0 Å². The van der Waals surface area contributed by atoms with Crippen molar-refractivity contribution in [3.05, 3.63) is 28.8 Å². The van der Waals surface area contributed by atoms with E-state index in [1.807, 2.05) is 6.92 Å². The maximum absolute atomic E-state index is 12.7. The number of aliphatic carboxylic acids is 1. The Labute approximate surface area is 134 Å². The Morgan fingerprint density at radius 2 is 2.18 bits per heavy atom. The van der Waals surface area contributed by atoms with Gasteiger partial charge in [0, 0.05) is 18.1 Å². The van der Waals surface area contributed by atoms with Crippen LogP contribution >= 0.6 is 11.6 Å². The van der Waals surface area contributed by atoms with Crippen LogP contribution in [0.2, 0.25) is 5.02 Å². The first kappa shape index (κ1) is 16.6. The summed E-state index contributed by atoms with van der Waals surface area (Å²) >= 11 is 5.95. The van der Waals surface area contributed by atoms with Gasteiger partial charge in [-0.25, -0.2) is 0 Å². The number of nitrogens with zero attached hydrogens (tertiary/aromatic N) is 1. The second-order valence-corrected chi connectivity index (χ2v) is 6.21. The van der Waals surface area contributed by atoms with Gasteiger partial charge in [0.2, 0.25) is 0 Å². The number of likely N-dealkylation sites (tertiary alicyclic amines) is 1.